The van der Waals surface area contributed by atoms with Crippen molar-refractivity contribution in [2.45, 2.75) is 62.8 Å². The Morgan fingerprint density at radius 1 is 1.21 bits per heavy atom. The first-order valence-electron chi connectivity index (χ1n) is 13.1. The Morgan fingerprint density at radius 2 is 2.08 bits per heavy atom. The first kappa shape index (κ1) is 26.0. The SMILES string of the molecule is O=C(CN1CCn2c(cc(C(F)(F)F)cc2=O)C1)NC1CN(C2CCOC2)C[C@@H]1OC1CCc2ccsc21. The van der Waals surface area contributed by atoms with Crippen LogP contribution in [0.2, 0.25) is 0 Å². The first-order chi connectivity index (χ1) is 18.2. The van der Waals surface area contributed by atoms with Gasteiger partial charge in [-0.25, -0.2) is 0 Å². The number of likely N-dealkylation sites (tertiary alicyclic amines) is 1. The number of pyridine rings is 1. The lowest BCUT2D eigenvalue weighted by Crippen LogP contribution is -2.49. The van der Waals surface area contributed by atoms with E-state index in [2.05, 4.69) is 21.7 Å². The molecule has 206 valence electrons. The normalized spacial score (nSPS) is 28.0. The highest BCUT2D eigenvalue weighted by molar-refractivity contribution is 7.10. The van der Waals surface area contributed by atoms with Crippen molar-refractivity contribution in [2.24, 2.45) is 0 Å². The number of aromatic nitrogens is 1. The number of fused-ring (bicyclic) bond motifs is 2. The number of nitrogens with zero attached hydrogens (tertiary/aromatic N) is 3. The summed E-state index contributed by atoms with van der Waals surface area (Å²) >= 11 is 1.72. The zero-order chi connectivity index (χ0) is 26.4. The van der Waals surface area contributed by atoms with Crippen molar-refractivity contribution in [1.82, 2.24) is 19.7 Å². The van der Waals surface area contributed by atoms with Gasteiger partial charge in [-0.15, -0.1) is 11.3 Å². The molecule has 0 bridgehead atoms. The molecule has 12 heteroatoms. The van der Waals surface area contributed by atoms with E-state index in [-0.39, 0.29) is 49.5 Å². The van der Waals surface area contributed by atoms with E-state index in [1.54, 1.807) is 16.2 Å². The van der Waals surface area contributed by atoms with Crippen LogP contribution in [0, 0.1) is 0 Å². The van der Waals surface area contributed by atoms with Crippen LogP contribution >= 0.6 is 11.3 Å². The summed E-state index contributed by atoms with van der Waals surface area (Å²) in [5, 5.41) is 5.26. The van der Waals surface area contributed by atoms with E-state index in [1.165, 1.54) is 15.0 Å². The molecule has 0 saturated carbocycles. The molecule has 5 heterocycles. The third kappa shape index (κ3) is 5.29. The van der Waals surface area contributed by atoms with Gasteiger partial charge in [0.2, 0.25) is 5.91 Å². The van der Waals surface area contributed by atoms with Crippen molar-refractivity contribution in [3.05, 3.63) is 55.6 Å². The Balaban J connectivity index is 1.11. The zero-order valence-corrected chi connectivity index (χ0v) is 21.7. The predicted molar refractivity (Wildman–Crippen MR) is 134 cm³/mol. The fourth-order valence-corrected chi connectivity index (χ4v) is 7.15. The van der Waals surface area contributed by atoms with E-state index in [0.29, 0.717) is 31.8 Å². The molecular weight excluding hydrogens is 521 g/mol. The number of amides is 1. The maximum Gasteiger partial charge on any atom is 0.416 e. The Morgan fingerprint density at radius 3 is 2.87 bits per heavy atom. The lowest BCUT2D eigenvalue weighted by molar-refractivity contribution is -0.138. The van der Waals surface area contributed by atoms with E-state index in [1.807, 2.05) is 0 Å². The van der Waals surface area contributed by atoms with Crippen molar-refractivity contribution >= 4 is 17.2 Å². The highest BCUT2D eigenvalue weighted by Gasteiger charge is 2.41. The van der Waals surface area contributed by atoms with Crippen molar-refractivity contribution in [3.8, 4) is 0 Å². The van der Waals surface area contributed by atoms with Crippen molar-refractivity contribution in [3.63, 3.8) is 0 Å². The molecule has 0 spiro atoms. The standard InChI is InChI=1S/C26H31F3N4O4S/c27-26(28,29)17-9-19-11-31(5-6-33(19)24(35)10-17)14-23(34)30-20-12-32(18-3-7-36-15-18)13-22(20)37-21-2-1-16-4-8-38-25(16)21/h4,8-10,18,20-22H,1-3,5-7,11-15H2,(H,30,34)/t18?,20?,21?,22-/m0/s1. The number of carbonyl (C=O) groups excluding carboxylic acids is 1. The largest absolute Gasteiger partial charge is 0.416 e. The highest BCUT2D eigenvalue weighted by atomic mass is 32.1. The number of alkyl halides is 3. The molecule has 1 N–H and O–H groups in total. The predicted octanol–water partition coefficient (Wildman–Crippen LogP) is 2.41. The van der Waals surface area contributed by atoms with Crippen LogP contribution in [0.25, 0.3) is 0 Å². The first-order valence-corrected chi connectivity index (χ1v) is 14.0. The minimum atomic E-state index is -4.59. The summed E-state index contributed by atoms with van der Waals surface area (Å²) < 4.78 is 53.2. The lowest BCUT2D eigenvalue weighted by atomic mass is 10.1. The molecule has 3 unspecified atom stereocenters. The summed E-state index contributed by atoms with van der Waals surface area (Å²) in [4.78, 5) is 30.8. The molecule has 8 nitrogen and oxygen atoms in total. The van der Waals surface area contributed by atoms with Gasteiger partial charge in [-0.1, -0.05) is 0 Å². The molecule has 2 aromatic heterocycles. The maximum absolute atomic E-state index is 13.2. The summed E-state index contributed by atoms with van der Waals surface area (Å²) in [5.41, 5.74) is -0.00592. The third-order valence-corrected chi connectivity index (χ3v) is 9.14. The molecule has 3 aliphatic heterocycles. The van der Waals surface area contributed by atoms with Gasteiger partial charge in [-0.05, 0) is 42.3 Å². The van der Waals surface area contributed by atoms with Gasteiger partial charge in [0.1, 0.15) is 0 Å². The fraction of sp³-hybridized carbons (Fsp3) is 0.615. The smallest absolute Gasteiger partial charge is 0.380 e. The van der Waals surface area contributed by atoms with Crippen LogP contribution in [0.1, 0.15) is 40.6 Å². The van der Waals surface area contributed by atoms with Crippen molar-refractivity contribution < 1.29 is 27.4 Å². The number of halogens is 3. The van der Waals surface area contributed by atoms with Crippen LogP contribution in [-0.2, 0) is 40.0 Å². The zero-order valence-electron chi connectivity index (χ0n) is 20.9. The van der Waals surface area contributed by atoms with Gasteiger partial charge in [0, 0.05) is 62.0 Å². The Bertz CT molecular complexity index is 1240. The van der Waals surface area contributed by atoms with Gasteiger partial charge in [0.15, 0.2) is 0 Å². The molecule has 4 atom stereocenters. The van der Waals surface area contributed by atoms with E-state index < -0.39 is 17.3 Å². The number of ether oxygens (including phenoxy) is 2. The highest BCUT2D eigenvalue weighted by Crippen LogP contribution is 2.39. The molecule has 38 heavy (non-hydrogen) atoms. The maximum atomic E-state index is 13.2. The average Bonchev–Trinajstić information content (AvgIpc) is 3.65. The average molecular weight is 553 g/mol. The molecule has 0 radical (unpaired) electrons. The second kappa shape index (κ2) is 10.4. The number of hydrogen-bond donors (Lipinski definition) is 1. The molecular formula is C26H31F3N4O4S. The molecule has 2 fully saturated rings. The summed E-state index contributed by atoms with van der Waals surface area (Å²) in [7, 11) is 0. The third-order valence-electron chi connectivity index (χ3n) is 8.08. The molecule has 0 aromatic carbocycles. The fourth-order valence-electron chi connectivity index (χ4n) is 6.12. The quantitative estimate of drug-likeness (QED) is 0.594. The molecule has 6 rings (SSSR count). The summed E-state index contributed by atoms with van der Waals surface area (Å²) in [6, 6.07) is 3.92. The van der Waals surface area contributed by atoms with Crippen LogP contribution in [0.15, 0.2) is 28.4 Å². The number of hydrogen-bond acceptors (Lipinski definition) is 7. The van der Waals surface area contributed by atoms with E-state index in [4.69, 9.17) is 9.47 Å². The minimum Gasteiger partial charge on any atom is -0.380 e. The van der Waals surface area contributed by atoms with Crippen LogP contribution < -0.4 is 10.9 Å². The van der Waals surface area contributed by atoms with Crippen LogP contribution in [0.4, 0.5) is 13.2 Å². The number of carbonyl (C=O) groups is 1. The van der Waals surface area contributed by atoms with Gasteiger partial charge in [-0.3, -0.25) is 19.4 Å². The Hall–Kier alpha value is -2.25. The van der Waals surface area contributed by atoms with Crippen LogP contribution in [-0.4, -0.2) is 77.9 Å². The van der Waals surface area contributed by atoms with Crippen molar-refractivity contribution in [2.75, 3.05) is 39.4 Å². The van der Waals surface area contributed by atoms with E-state index >= 15 is 0 Å². The molecule has 4 aliphatic rings. The van der Waals surface area contributed by atoms with Crippen molar-refractivity contribution in [1.29, 1.82) is 0 Å². The monoisotopic (exact) mass is 552 g/mol. The summed E-state index contributed by atoms with van der Waals surface area (Å²) in [5.74, 6) is -0.195. The Labute approximate surface area is 222 Å². The molecule has 1 amide bonds. The topological polar surface area (TPSA) is 76.0 Å². The van der Waals surface area contributed by atoms with E-state index in [0.717, 1.165) is 38.5 Å². The van der Waals surface area contributed by atoms with Gasteiger partial charge in [0.25, 0.3) is 5.56 Å². The second-order valence-corrected chi connectivity index (χ2v) is 11.5. The van der Waals surface area contributed by atoms with Crippen LogP contribution in [0.5, 0.6) is 0 Å². The van der Waals surface area contributed by atoms with E-state index in [9.17, 15) is 22.8 Å². The molecule has 1 aliphatic carbocycles. The summed E-state index contributed by atoms with van der Waals surface area (Å²) in [6.45, 7) is 3.60. The molecule has 2 saturated heterocycles. The van der Waals surface area contributed by atoms with Gasteiger partial charge in [0.05, 0.1) is 37.0 Å². The van der Waals surface area contributed by atoms with Gasteiger partial charge in [-0.2, -0.15) is 13.2 Å². The second-order valence-electron chi connectivity index (χ2n) is 10.6. The Kier molecular flexibility index (Phi) is 7.10. The molecule has 2 aromatic rings. The van der Waals surface area contributed by atoms with Gasteiger partial charge < -0.3 is 19.4 Å². The summed E-state index contributed by atoms with van der Waals surface area (Å²) in [6.07, 6.45) is -1.81. The number of rotatable bonds is 6. The van der Waals surface area contributed by atoms with Crippen LogP contribution in [0.3, 0.4) is 0 Å². The minimum absolute atomic E-state index is 0.0360. The number of nitrogens with one attached hydrogen (secondary N) is 1. The lowest BCUT2D eigenvalue weighted by Gasteiger charge is -2.30. The number of thiophene rings is 1. The van der Waals surface area contributed by atoms with Gasteiger partial charge >= 0.3 is 6.18 Å². The number of aryl methyl sites for hydroxylation is 1.